The zero-order valence-electron chi connectivity index (χ0n) is 18.7. The molecule has 2 aromatic carbocycles. The molecule has 3 aromatic rings. The van der Waals surface area contributed by atoms with E-state index in [1.165, 1.54) is 11.8 Å². The standard InChI is InChI=1S/C23H27ClN6O3S/c1-33-21-12-16(15-8-10-25-11-9-15)6-7-20(21)29-23-26-14-18(24)22(30-23)28-19-5-3-2-4-17(19)13-27-34(31)32/h2-7,12,14-15,25,34H,8-11,13H2,1H3,(H,27,31,32)(H2,26,28,29,30). The van der Waals surface area contributed by atoms with Crippen molar-refractivity contribution in [3.63, 3.8) is 0 Å². The summed E-state index contributed by atoms with van der Waals surface area (Å²) in [4.78, 5) is 8.81. The molecule has 4 rings (SSSR count). The highest BCUT2D eigenvalue weighted by Crippen LogP contribution is 2.34. The molecule has 1 aliphatic rings. The lowest BCUT2D eigenvalue weighted by Gasteiger charge is -2.24. The van der Waals surface area contributed by atoms with Crippen molar-refractivity contribution >= 4 is 45.6 Å². The van der Waals surface area contributed by atoms with Gasteiger partial charge in [-0.2, -0.15) is 4.98 Å². The van der Waals surface area contributed by atoms with Gasteiger partial charge in [0.15, 0.2) is 5.82 Å². The van der Waals surface area contributed by atoms with Gasteiger partial charge in [-0.15, -0.1) is 0 Å². The summed E-state index contributed by atoms with van der Waals surface area (Å²) in [5, 5.41) is 10.1. The summed E-state index contributed by atoms with van der Waals surface area (Å²) in [7, 11) is -1.06. The van der Waals surface area contributed by atoms with Crippen LogP contribution in [0, 0.1) is 0 Å². The van der Waals surface area contributed by atoms with E-state index >= 15 is 0 Å². The number of halogens is 1. The highest BCUT2D eigenvalue weighted by Gasteiger charge is 2.17. The van der Waals surface area contributed by atoms with Gasteiger partial charge in [-0.3, -0.25) is 0 Å². The molecule has 34 heavy (non-hydrogen) atoms. The number of methoxy groups -OCH3 is 1. The van der Waals surface area contributed by atoms with Crippen LogP contribution in [0.3, 0.4) is 0 Å². The minimum atomic E-state index is -2.70. The van der Waals surface area contributed by atoms with Crippen molar-refractivity contribution in [3.05, 3.63) is 64.8 Å². The summed E-state index contributed by atoms with van der Waals surface area (Å²) < 4.78 is 29.9. The third kappa shape index (κ3) is 6.15. The Morgan fingerprint density at radius 2 is 1.91 bits per heavy atom. The first-order valence-corrected chi connectivity index (χ1v) is 12.5. The molecule has 0 spiro atoms. The van der Waals surface area contributed by atoms with Gasteiger partial charge < -0.3 is 20.7 Å². The Morgan fingerprint density at radius 3 is 2.68 bits per heavy atom. The molecule has 0 radical (unpaired) electrons. The highest BCUT2D eigenvalue weighted by molar-refractivity contribution is 7.70. The molecule has 1 aliphatic heterocycles. The number of nitrogens with zero attached hydrogens (tertiary/aromatic N) is 2. The van der Waals surface area contributed by atoms with Gasteiger partial charge in [0, 0.05) is 12.2 Å². The number of hydrogen-bond donors (Lipinski definition) is 5. The SMILES string of the molecule is COc1cc(C2CCNCC2)ccc1Nc1ncc(Cl)c(Nc2ccccc2CN[SH](=O)=O)n1. The van der Waals surface area contributed by atoms with Crippen LogP contribution in [0.2, 0.25) is 5.02 Å². The number of benzene rings is 2. The molecule has 0 amide bonds. The summed E-state index contributed by atoms with van der Waals surface area (Å²) in [6, 6.07) is 13.5. The first-order chi connectivity index (χ1) is 16.5. The lowest BCUT2D eigenvalue weighted by Crippen LogP contribution is -2.26. The summed E-state index contributed by atoms with van der Waals surface area (Å²) in [6.45, 7) is 2.20. The smallest absolute Gasteiger partial charge is 0.229 e. The van der Waals surface area contributed by atoms with Crippen LogP contribution in [0.4, 0.5) is 23.1 Å². The number of rotatable bonds is 9. The monoisotopic (exact) mass is 502 g/mol. The molecule has 180 valence electrons. The van der Waals surface area contributed by atoms with Crippen molar-refractivity contribution in [2.75, 3.05) is 30.8 Å². The van der Waals surface area contributed by atoms with Gasteiger partial charge >= 0.3 is 0 Å². The molecular weight excluding hydrogens is 476 g/mol. The van der Waals surface area contributed by atoms with Gasteiger partial charge in [-0.1, -0.05) is 35.9 Å². The molecule has 4 N–H and O–H groups in total. The van der Waals surface area contributed by atoms with Crippen LogP contribution < -0.4 is 25.4 Å². The van der Waals surface area contributed by atoms with Crippen LogP contribution in [-0.4, -0.2) is 38.6 Å². The minimum Gasteiger partial charge on any atom is -0.495 e. The number of hydrogen-bond acceptors (Lipinski definition) is 8. The molecular formula is C23H27ClN6O3S. The maximum atomic E-state index is 10.9. The Bertz CT molecular complexity index is 1210. The van der Waals surface area contributed by atoms with Crippen molar-refractivity contribution in [1.29, 1.82) is 0 Å². The van der Waals surface area contributed by atoms with Crippen LogP contribution >= 0.6 is 11.6 Å². The lowest BCUT2D eigenvalue weighted by atomic mass is 9.90. The van der Waals surface area contributed by atoms with Crippen molar-refractivity contribution in [2.45, 2.75) is 25.3 Å². The second-order valence-corrected chi connectivity index (χ2v) is 9.11. The van der Waals surface area contributed by atoms with E-state index in [1.807, 2.05) is 30.3 Å². The van der Waals surface area contributed by atoms with E-state index in [0.29, 0.717) is 34.1 Å². The summed E-state index contributed by atoms with van der Waals surface area (Å²) in [5.74, 6) is 1.97. The summed E-state index contributed by atoms with van der Waals surface area (Å²) >= 11 is 6.34. The molecule has 0 saturated carbocycles. The van der Waals surface area contributed by atoms with Crippen LogP contribution in [0.1, 0.15) is 29.9 Å². The number of anilines is 4. The zero-order chi connectivity index (χ0) is 23.9. The normalized spacial score (nSPS) is 14.2. The Morgan fingerprint density at radius 1 is 1.12 bits per heavy atom. The quantitative estimate of drug-likeness (QED) is 0.281. The molecule has 0 unspecified atom stereocenters. The number of piperidine rings is 1. The van der Waals surface area contributed by atoms with E-state index in [4.69, 9.17) is 16.3 Å². The third-order valence-corrected chi connectivity index (χ3v) is 6.39. The summed E-state index contributed by atoms with van der Waals surface area (Å²) in [5.41, 5.74) is 3.44. The van der Waals surface area contributed by atoms with E-state index in [1.54, 1.807) is 7.11 Å². The van der Waals surface area contributed by atoms with E-state index < -0.39 is 10.9 Å². The largest absolute Gasteiger partial charge is 0.495 e. The molecule has 0 aliphatic carbocycles. The number of thiol groups is 1. The fourth-order valence-electron chi connectivity index (χ4n) is 3.93. The lowest BCUT2D eigenvalue weighted by molar-refractivity contribution is 0.413. The van der Waals surface area contributed by atoms with E-state index in [0.717, 1.165) is 37.2 Å². The predicted octanol–water partition coefficient (Wildman–Crippen LogP) is 3.71. The number of aromatic nitrogens is 2. The van der Waals surface area contributed by atoms with Gasteiger partial charge in [0.2, 0.25) is 16.8 Å². The molecule has 11 heteroatoms. The molecule has 1 fully saturated rings. The number of ether oxygens (including phenoxy) is 1. The predicted molar refractivity (Wildman–Crippen MR) is 135 cm³/mol. The maximum Gasteiger partial charge on any atom is 0.229 e. The topological polar surface area (TPSA) is 117 Å². The Labute approximate surface area is 205 Å². The van der Waals surface area contributed by atoms with E-state index in [2.05, 4.69) is 42.8 Å². The first-order valence-electron chi connectivity index (χ1n) is 10.9. The van der Waals surface area contributed by atoms with Gasteiger partial charge in [0.05, 0.1) is 19.0 Å². The number of nitrogens with one attached hydrogen (secondary N) is 4. The highest BCUT2D eigenvalue weighted by atomic mass is 35.5. The van der Waals surface area contributed by atoms with Gasteiger partial charge in [-0.25, -0.2) is 18.1 Å². The van der Waals surface area contributed by atoms with Gasteiger partial charge in [0.1, 0.15) is 10.8 Å². The van der Waals surface area contributed by atoms with Gasteiger partial charge in [-0.05, 0) is 61.2 Å². The van der Waals surface area contributed by atoms with Crippen LogP contribution in [0.25, 0.3) is 0 Å². The zero-order valence-corrected chi connectivity index (χ0v) is 20.3. The fourth-order valence-corrected chi connectivity index (χ4v) is 4.37. The third-order valence-electron chi connectivity index (χ3n) is 5.70. The minimum absolute atomic E-state index is 0.149. The first kappa shape index (κ1) is 24.2. The van der Waals surface area contributed by atoms with E-state index in [-0.39, 0.29) is 6.54 Å². The Balaban J connectivity index is 1.54. The summed E-state index contributed by atoms with van der Waals surface area (Å²) in [6.07, 6.45) is 3.71. The molecule has 1 saturated heterocycles. The van der Waals surface area contributed by atoms with Crippen molar-refractivity contribution in [1.82, 2.24) is 20.0 Å². The Hall–Kier alpha value is -2.92. The van der Waals surface area contributed by atoms with Crippen LogP contribution in [-0.2, 0) is 17.4 Å². The molecule has 1 aromatic heterocycles. The molecule has 0 bridgehead atoms. The van der Waals surface area contributed by atoms with Crippen LogP contribution in [0.5, 0.6) is 5.75 Å². The second kappa shape index (κ2) is 11.5. The van der Waals surface area contributed by atoms with Crippen molar-refractivity contribution in [3.8, 4) is 5.75 Å². The average molecular weight is 503 g/mol. The second-order valence-electron chi connectivity index (χ2n) is 7.87. The number of para-hydroxylation sites is 1. The molecule has 0 atom stereocenters. The van der Waals surface area contributed by atoms with Gasteiger partial charge in [0.25, 0.3) is 0 Å². The van der Waals surface area contributed by atoms with E-state index in [9.17, 15) is 8.42 Å². The van der Waals surface area contributed by atoms with Crippen molar-refractivity contribution < 1.29 is 13.2 Å². The van der Waals surface area contributed by atoms with Crippen LogP contribution in [0.15, 0.2) is 48.7 Å². The average Bonchev–Trinajstić information content (AvgIpc) is 2.86. The molecule has 9 nitrogen and oxygen atoms in total. The Kier molecular flexibility index (Phi) is 8.17. The molecule has 2 heterocycles. The fraction of sp³-hybridized carbons (Fsp3) is 0.304. The maximum absolute atomic E-state index is 10.9. The van der Waals surface area contributed by atoms with Crippen molar-refractivity contribution in [2.24, 2.45) is 0 Å².